The van der Waals surface area contributed by atoms with E-state index < -0.39 is 0 Å². The van der Waals surface area contributed by atoms with Gasteiger partial charge in [-0.3, -0.25) is 4.57 Å². The first-order chi connectivity index (χ1) is 49.0. The van der Waals surface area contributed by atoms with Crippen LogP contribution in [0.4, 0.5) is 0 Å². The fourth-order valence-corrected chi connectivity index (χ4v) is 17.5. The molecule has 0 saturated carbocycles. The van der Waals surface area contributed by atoms with E-state index >= 15 is 0 Å². The molecule has 0 unspecified atom stereocenters. The Hall–Kier alpha value is -12.1. The van der Waals surface area contributed by atoms with Gasteiger partial charge in [0.05, 0.1) is 55.5 Å². The third kappa shape index (κ3) is 9.39. The Labute approximate surface area is 581 Å². The van der Waals surface area contributed by atoms with E-state index in [1.54, 1.807) is 23.5 Å². The van der Waals surface area contributed by atoms with E-state index in [9.17, 15) is 0 Å². The molecule has 0 amide bonds. The number of H-pyrrole nitrogens is 1. The van der Waals surface area contributed by atoms with Crippen molar-refractivity contribution in [2.45, 2.75) is 19.6 Å². The number of hydrogen-bond donors (Lipinski definition) is 1. The van der Waals surface area contributed by atoms with Gasteiger partial charge in [-0.2, -0.15) is 0 Å². The van der Waals surface area contributed by atoms with Gasteiger partial charge in [0.15, 0.2) is 0 Å². The molecule has 0 aliphatic carbocycles. The zero-order valence-corrected chi connectivity index (χ0v) is 55.2. The van der Waals surface area contributed by atoms with Crippen LogP contribution in [0.2, 0.25) is 5.28 Å². The third-order valence-electron chi connectivity index (χ3n) is 19.5. The molecule has 8 nitrogen and oxygen atoms in total. The van der Waals surface area contributed by atoms with E-state index in [1.807, 2.05) is 24.3 Å². The van der Waals surface area contributed by atoms with Crippen LogP contribution < -0.4 is 0 Å². The summed E-state index contributed by atoms with van der Waals surface area (Å²) in [5, 5.41) is 12.5. The fourth-order valence-electron chi connectivity index (χ4n) is 15.1. The Morgan fingerprint density at radius 3 is 1.19 bits per heavy atom. The molecule has 0 radical (unpaired) electrons. The number of nitrogens with zero attached hydrogens (tertiary/aromatic N) is 7. The maximum atomic E-state index is 6.02. The number of aromatic amines is 1. The highest BCUT2D eigenvalue weighted by Gasteiger charge is 2.26. The molecule has 6 aromatic heterocycles. The number of nitrogens with one attached hydrogen (secondary N) is 1. The van der Waals surface area contributed by atoms with Crippen LogP contribution in [0, 0.1) is 0 Å². The van der Waals surface area contributed by atoms with Gasteiger partial charge in [-0.1, -0.05) is 206 Å². The normalized spacial score (nSPS) is 12.2. The maximum absolute atomic E-state index is 6.02. The lowest BCUT2D eigenvalue weighted by molar-refractivity contribution is 1.01. The molecular weight excluding hydrogens is 1270 g/mol. The standard InChI is InChI=1S/C44H26N4S.C30H20N2.C14H7ClN2S/c1-2-11-29(12-3-1)47-36-17-7-4-13-30(36)33-25-27(21-23-38(33)47)28-22-24-39-34(26-28)31-14-5-8-18-37(31)48(39)44-45-35-16-10-20-41-42(35)43(46-44)32-15-6-9-19-40(32)49-41;1-2-8-22(9-3-1)32-29-13-7-5-11-24(29)26-19-21(15-17-30(26)32)20-14-16-28-25(18-20)23-10-4-6-12-27(23)31-28;15-14-16-9-5-3-7-11-12(9)13(17-14)8-4-1-2-6-10(8)18-11/h1-26H;1-19,31H;1-7H. The smallest absolute Gasteiger partial charge is 0.235 e. The highest BCUT2D eigenvalue weighted by Crippen LogP contribution is 2.49. The Kier molecular flexibility index (Phi) is 13.3. The molecule has 8 heterocycles. The van der Waals surface area contributed by atoms with E-state index in [0.717, 1.165) is 55.4 Å². The summed E-state index contributed by atoms with van der Waals surface area (Å²) in [5.41, 5.74) is 22.7. The summed E-state index contributed by atoms with van der Waals surface area (Å²) < 4.78 is 6.96. The summed E-state index contributed by atoms with van der Waals surface area (Å²) in [5.74, 6) is 0.690. The molecule has 0 saturated heterocycles. The summed E-state index contributed by atoms with van der Waals surface area (Å²) in [7, 11) is 0. The van der Waals surface area contributed by atoms with Crippen LogP contribution in [0.5, 0.6) is 0 Å². The molecule has 0 atom stereocenters. The van der Waals surface area contributed by atoms with Gasteiger partial charge in [-0.25, -0.2) is 19.9 Å². The zero-order chi connectivity index (χ0) is 65.2. The summed E-state index contributed by atoms with van der Waals surface area (Å²) in [4.78, 5) is 27.6. The van der Waals surface area contributed by atoms with Crippen LogP contribution in [-0.4, -0.2) is 38.6 Å². The first kappa shape index (κ1) is 57.2. The molecule has 2 aliphatic heterocycles. The number of rotatable bonds is 5. The largest absolute Gasteiger partial charge is 0.355 e. The van der Waals surface area contributed by atoms with Crippen LogP contribution in [0.1, 0.15) is 0 Å². The van der Waals surface area contributed by atoms with Crippen LogP contribution >= 0.6 is 35.1 Å². The van der Waals surface area contributed by atoms with Crippen LogP contribution in [0.25, 0.3) is 171 Å². The van der Waals surface area contributed by atoms with Crippen LogP contribution in [-0.2, 0) is 0 Å². The predicted molar refractivity (Wildman–Crippen MR) is 413 cm³/mol. The highest BCUT2D eigenvalue weighted by molar-refractivity contribution is 8.00. The summed E-state index contributed by atoms with van der Waals surface area (Å²) in [6.45, 7) is 0. The molecule has 1 N–H and O–H groups in total. The van der Waals surface area contributed by atoms with Gasteiger partial charge < -0.3 is 14.1 Å². The van der Waals surface area contributed by atoms with E-state index in [-0.39, 0.29) is 0 Å². The van der Waals surface area contributed by atoms with Crippen molar-refractivity contribution in [2.24, 2.45) is 0 Å². The Morgan fingerprint density at radius 1 is 0.273 bits per heavy atom. The summed E-state index contributed by atoms with van der Waals surface area (Å²) >= 11 is 9.57. The molecule has 0 bridgehead atoms. The summed E-state index contributed by atoms with van der Waals surface area (Å²) in [6, 6.07) is 112. The number of benzene rings is 14. The van der Waals surface area contributed by atoms with Crippen molar-refractivity contribution in [1.29, 1.82) is 0 Å². The molecule has 20 aromatic rings. The van der Waals surface area contributed by atoms with Gasteiger partial charge in [0.25, 0.3) is 0 Å². The molecule has 22 rings (SSSR count). The molecule has 464 valence electrons. The lowest BCUT2D eigenvalue weighted by atomic mass is 10.0. The molecular formula is C88H53ClN8S2. The Balaban J connectivity index is 0.000000113. The van der Waals surface area contributed by atoms with Crippen molar-refractivity contribution in [2.75, 3.05) is 0 Å². The first-order valence-corrected chi connectivity index (χ1v) is 35.0. The molecule has 0 fully saturated rings. The quantitative estimate of drug-likeness (QED) is 0.173. The predicted octanol–water partition coefficient (Wildman–Crippen LogP) is 24.1. The van der Waals surface area contributed by atoms with Crippen LogP contribution in [0.15, 0.2) is 335 Å². The van der Waals surface area contributed by atoms with Gasteiger partial charge >= 0.3 is 0 Å². The average Bonchev–Trinajstić information content (AvgIpc) is 1.73. The SMILES string of the molecule is Clc1nc2c3c(cccc3n1)Sc1ccccc1-2.c1ccc(-n2c3ccccc3c3cc(-c4ccc5[nH]c6ccccc6c5c4)ccc32)cc1.c1ccc(-n2c3ccccc3c3cc(-c4ccc5c(c4)c4ccccc4n5-c4nc5c6c(cccc6n4)Sc4ccccc4-5)ccc32)cc1. The fraction of sp³-hybridized carbons (Fsp3) is 0. The maximum Gasteiger partial charge on any atom is 0.235 e. The third-order valence-corrected chi connectivity index (χ3v) is 21.9. The molecule has 0 spiro atoms. The number of halogens is 1. The van der Waals surface area contributed by atoms with E-state index in [1.165, 1.54) is 129 Å². The average molecular weight is 1320 g/mol. The van der Waals surface area contributed by atoms with E-state index in [2.05, 4.69) is 320 Å². The minimum atomic E-state index is 0.302. The van der Waals surface area contributed by atoms with Gasteiger partial charge in [-0.15, -0.1) is 0 Å². The highest BCUT2D eigenvalue weighted by atomic mass is 35.5. The first-order valence-electron chi connectivity index (χ1n) is 33.0. The topological polar surface area (TPSA) is 82.1 Å². The van der Waals surface area contributed by atoms with Gasteiger partial charge in [0, 0.05) is 107 Å². The molecule has 2 aliphatic rings. The monoisotopic (exact) mass is 1320 g/mol. The van der Waals surface area contributed by atoms with Crippen molar-refractivity contribution in [1.82, 2.24) is 38.6 Å². The van der Waals surface area contributed by atoms with Gasteiger partial charge in [0.1, 0.15) is 0 Å². The van der Waals surface area contributed by atoms with Crippen molar-refractivity contribution >= 4 is 144 Å². The lowest BCUT2D eigenvalue weighted by Crippen LogP contribution is -2.05. The lowest BCUT2D eigenvalue weighted by Gasteiger charge is -2.20. The minimum Gasteiger partial charge on any atom is -0.355 e. The Bertz CT molecular complexity index is 6710. The van der Waals surface area contributed by atoms with Crippen molar-refractivity contribution < 1.29 is 0 Å². The number of fused-ring (bicyclic) bond motifs is 16. The van der Waals surface area contributed by atoms with E-state index in [4.69, 9.17) is 21.6 Å². The van der Waals surface area contributed by atoms with Gasteiger partial charge in [0.2, 0.25) is 11.2 Å². The van der Waals surface area contributed by atoms with Gasteiger partial charge in [-0.05, 0) is 167 Å². The number of aromatic nitrogens is 8. The second-order valence-corrected chi connectivity index (χ2v) is 27.6. The minimum absolute atomic E-state index is 0.302. The second-order valence-electron chi connectivity index (χ2n) is 25.1. The van der Waals surface area contributed by atoms with Crippen molar-refractivity contribution in [3.05, 3.63) is 321 Å². The zero-order valence-electron chi connectivity index (χ0n) is 52.8. The van der Waals surface area contributed by atoms with E-state index in [0.29, 0.717) is 11.2 Å². The number of para-hydroxylation sites is 6. The van der Waals surface area contributed by atoms with Crippen LogP contribution in [0.3, 0.4) is 0 Å². The van der Waals surface area contributed by atoms with Crippen molar-refractivity contribution in [3.8, 4) is 62.1 Å². The number of hydrogen-bond acceptors (Lipinski definition) is 6. The molecule has 99 heavy (non-hydrogen) atoms. The second kappa shape index (κ2) is 23.1. The molecule has 11 heteroatoms. The van der Waals surface area contributed by atoms with Crippen molar-refractivity contribution in [3.63, 3.8) is 0 Å². The molecule has 14 aromatic carbocycles. The Morgan fingerprint density at radius 2 is 0.657 bits per heavy atom. The summed E-state index contributed by atoms with van der Waals surface area (Å²) in [6.07, 6.45) is 0.